The van der Waals surface area contributed by atoms with E-state index < -0.39 is 23.9 Å². The summed E-state index contributed by atoms with van der Waals surface area (Å²) in [5.74, 6) is 0.242. The molecule has 0 aliphatic heterocycles. The van der Waals surface area contributed by atoms with Crippen molar-refractivity contribution in [2.24, 2.45) is 5.41 Å². The van der Waals surface area contributed by atoms with Gasteiger partial charge in [-0.15, -0.1) is 0 Å². The van der Waals surface area contributed by atoms with Crippen LogP contribution in [-0.2, 0) is 12.6 Å². The van der Waals surface area contributed by atoms with E-state index in [1.807, 2.05) is 13.8 Å². The van der Waals surface area contributed by atoms with Gasteiger partial charge in [0.2, 0.25) is 0 Å². The van der Waals surface area contributed by atoms with Gasteiger partial charge in [-0.2, -0.15) is 13.2 Å². The fraction of sp³-hybridized carbons (Fsp3) is 0.593. The summed E-state index contributed by atoms with van der Waals surface area (Å²) < 4.78 is 39.2. The maximum atomic E-state index is 13.1. The molecule has 1 heterocycles. The molecule has 1 fully saturated rings. The highest BCUT2D eigenvalue weighted by Crippen LogP contribution is 2.50. The molecule has 2 aliphatic carbocycles. The summed E-state index contributed by atoms with van der Waals surface area (Å²) in [6.45, 7) is 8.33. The Labute approximate surface area is 194 Å². The first kappa shape index (κ1) is 24.2. The lowest BCUT2D eigenvalue weighted by Crippen LogP contribution is -2.30. The molecular formula is C27H34F3NO2. The van der Waals surface area contributed by atoms with Crippen LogP contribution in [0.25, 0.3) is 0 Å². The fourth-order valence-corrected chi connectivity index (χ4v) is 5.76. The van der Waals surface area contributed by atoms with Gasteiger partial charge in [0.1, 0.15) is 6.10 Å². The second-order valence-electron chi connectivity index (χ2n) is 10.9. The fourth-order valence-electron chi connectivity index (χ4n) is 5.76. The van der Waals surface area contributed by atoms with Crippen LogP contribution < -0.4 is 0 Å². The number of aliphatic hydroxyl groups is 2. The predicted octanol–water partition coefficient (Wildman–Crippen LogP) is 6.97. The Morgan fingerprint density at radius 1 is 1.03 bits per heavy atom. The molecule has 0 spiro atoms. The van der Waals surface area contributed by atoms with E-state index in [1.54, 1.807) is 0 Å². The topological polar surface area (TPSA) is 53.4 Å². The monoisotopic (exact) mass is 461 g/mol. The summed E-state index contributed by atoms with van der Waals surface area (Å²) in [4.78, 5) is 4.99. The second kappa shape index (κ2) is 8.70. The first-order valence-electron chi connectivity index (χ1n) is 12.0. The van der Waals surface area contributed by atoms with Crippen LogP contribution in [0.2, 0.25) is 0 Å². The van der Waals surface area contributed by atoms with E-state index in [1.165, 1.54) is 12.1 Å². The summed E-state index contributed by atoms with van der Waals surface area (Å²) in [5.41, 5.74) is 3.84. The van der Waals surface area contributed by atoms with Gasteiger partial charge < -0.3 is 10.2 Å². The van der Waals surface area contributed by atoms with Crippen LogP contribution in [0.15, 0.2) is 24.3 Å². The van der Waals surface area contributed by atoms with Crippen molar-refractivity contribution >= 4 is 0 Å². The third kappa shape index (κ3) is 4.69. The van der Waals surface area contributed by atoms with E-state index in [9.17, 15) is 23.4 Å². The molecule has 0 radical (unpaired) electrons. The van der Waals surface area contributed by atoms with Gasteiger partial charge in [-0.05, 0) is 66.2 Å². The molecule has 2 unspecified atom stereocenters. The van der Waals surface area contributed by atoms with Crippen molar-refractivity contribution in [3.05, 3.63) is 63.5 Å². The van der Waals surface area contributed by atoms with Gasteiger partial charge in [-0.1, -0.05) is 52.7 Å². The zero-order valence-electron chi connectivity index (χ0n) is 19.8. The minimum atomic E-state index is -4.42. The summed E-state index contributed by atoms with van der Waals surface area (Å²) in [6.07, 6.45) is -0.647. The largest absolute Gasteiger partial charge is 0.416 e. The van der Waals surface area contributed by atoms with Gasteiger partial charge in [-0.3, -0.25) is 4.98 Å². The molecule has 3 nitrogen and oxygen atoms in total. The van der Waals surface area contributed by atoms with Crippen LogP contribution in [0.1, 0.15) is 123 Å². The average Bonchev–Trinajstić information content (AvgIpc) is 3.25. The molecule has 2 atom stereocenters. The van der Waals surface area contributed by atoms with Gasteiger partial charge in [0.15, 0.2) is 0 Å². The molecule has 2 aliphatic rings. The maximum Gasteiger partial charge on any atom is 0.416 e. The Balaban J connectivity index is 1.92. The molecule has 1 saturated carbocycles. The molecule has 4 rings (SSSR count). The SMILES string of the molecule is CC(C)c1nc2c(c(C3CCCC3)c1C(O)c1ccc(C(F)(F)F)cc1)C(O)CC(C)(C)C2. The van der Waals surface area contributed by atoms with Crippen molar-refractivity contribution < 1.29 is 23.4 Å². The zero-order valence-corrected chi connectivity index (χ0v) is 19.8. The summed E-state index contributed by atoms with van der Waals surface area (Å²) in [6, 6.07) is 4.75. The number of halogens is 3. The van der Waals surface area contributed by atoms with E-state index in [4.69, 9.17) is 4.98 Å². The molecule has 1 aromatic heterocycles. The number of hydrogen-bond acceptors (Lipinski definition) is 3. The van der Waals surface area contributed by atoms with E-state index in [0.717, 1.165) is 66.8 Å². The van der Waals surface area contributed by atoms with Crippen molar-refractivity contribution in [2.75, 3.05) is 0 Å². The molecule has 0 amide bonds. The molecule has 0 bridgehead atoms. The van der Waals surface area contributed by atoms with E-state index >= 15 is 0 Å². The second-order valence-corrected chi connectivity index (χ2v) is 10.9. The minimum Gasteiger partial charge on any atom is -0.388 e. The standard InChI is InChI=1S/C27H34F3NO2/c1-15(2)24-23(25(33)17-9-11-18(12-10-17)27(28,29)30)21(16-7-5-6-8-16)22-19(31-24)13-26(3,4)14-20(22)32/h9-12,15-16,20,25,32-33H,5-8,13-14H2,1-4H3. The number of rotatable bonds is 4. The van der Waals surface area contributed by atoms with Crippen molar-refractivity contribution in [3.63, 3.8) is 0 Å². The van der Waals surface area contributed by atoms with Gasteiger partial charge >= 0.3 is 6.18 Å². The lowest BCUT2D eigenvalue weighted by Gasteiger charge is -2.38. The Kier molecular flexibility index (Phi) is 6.38. The van der Waals surface area contributed by atoms with Crippen LogP contribution in [-0.4, -0.2) is 15.2 Å². The Bertz CT molecular complexity index is 1010. The predicted molar refractivity (Wildman–Crippen MR) is 122 cm³/mol. The number of benzene rings is 1. The number of alkyl halides is 3. The van der Waals surface area contributed by atoms with Crippen LogP contribution >= 0.6 is 0 Å². The first-order valence-corrected chi connectivity index (χ1v) is 12.0. The third-order valence-corrected chi connectivity index (χ3v) is 7.29. The average molecular weight is 462 g/mol. The smallest absolute Gasteiger partial charge is 0.388 e. The van der Waals surface area contributed by atoms with Crippen molar-refractivity contribution in [1.29, 1.82) is 0 Å². The van der Waals surface area contributed by atoms with Gasteiger partial charge in [-0.25, -0.2) is 0 Å². The maximum absolute atomic E-state index is 13.1. The summed E-state index contributed by atoms with van der Waals surface area (Å²) in [5, 5.41) is 22.8. The number of pyridine rings is 1. The molecule has 1 aromatic carbocycles. The Morgan fingerprint density at radius 2 is 1.64 bits per heavy atom. The highest BCUT2D eigenvalue weighted by atomic mass is 19.4. The normalized spacial score (nSPS) is 21.9. The molecule has 6 heteroatoms. The minimum absolute atomic E-state index is 0.0248. The van der Waals surface area contributed by atoms with Gasteiger partial charge in [0.25, 0.3) is 0 Å². The summed E-state index contributed by atoms with van der Waals surface area (Å²) >= 11 is 0. The number of aromatic nitrogens is 1. The van der Waals surface area contributed by atoms with Crippen LogP contribution in [0.4, 0.5) is 13.2 Å². The lowest BCUT2D eigenvalue weighted by atomic mass is 9.70. The van der Waals surface area contributed by atoms with Crippen LogP contribution in [0.3, 0.4) is 0 Å². The van der Waals surface area contributed by atoms with Crippen molar-refractivity contribution in [2.45, 2.75) is 96.4 Å². The highest BCUT2D eigenvalue weighted by molar-refractivity contribution is 5.50. The highest BCUT2D eigenvalue weighted by Gasteiger charge is 2.39. The molecule has 2 N–H and O–H groups in total. The first-order chi connectivity index (χ1) is 15.4. The van der Waals surface area contributed by atoms with Crippen molar-refractivity contribution in [3.8, 4) is 0 Å². The quantitative estimate of drug-likeness (QED) is 0.517. The number of fused-ring (bicyclic) bond motifs is 1. The lowest BCUT2D eigenvalue weighted by molar-refractivity contribution is -0.137. The molecule has 0 saturated heterocycles. The van der Waals surface area contributed by atoms with Gasteiger partial charge in [0, 0.05) is 22.5 Å². The number of aliphatic hydroxyl groups excluding tert-OH is 2. The van der Waals surface area contributed by atoms with E-state index in [-0.39, 0.29) is 17.3 Å². The Hall–Kier alpha value is -1.92. The Morgan fingerprint density at radius 3 is 2.18 bits per heavy atom. The summed E-state index contributed by atoms with van der Waals surface area (Å²) in [7, 11) is 0. The van der Waals surface area contributed by atoms with Crippen LogP contribution in [0, 0.1) is 5.41 Å². The molecule has 180 valence electrons. The molecule has 33 heavy (non-hydrogen) atoms. The van der Waals surface area contributed by atoms with E-state index in [2.05, 4.69) is 13.8 Å². The number of hydrogen-bond donors (Lipinski definition) is 2. The number of nitrogens with zero attached hydrogens (tertiary/aromatic N) is 1. The van der Waals surface area contributed by atoms with E-state index in [0.29, 0.717) is 17.5 Å². The van der Waals surface area contributed by atoms with Crippen molar-refractivity contribution in [1.82, 2.24) is 4.98 Å². The zero-order chi connectivity index (χ0) is 24.1. The third-order valence-electron chi connectivity index (χ3n) is 7.29. The van der Waals surface area contributed by atoms with Gasteiger partial charge in [0.05, 0.1) is 11.7 Å². The molecular weight excluding hydrogens is 427 g/mol. The van der Waals surface area contributed by atoms with Crippen LogP contribution in [0.5, 0.6) is 0 Å². The molecule has 2 aromatic rings.